The number of nitrogens with zero attached hydrogens (tertiary/aromatic N) is 2. The smallest absolute Gasteiger partial charge is 0.0619 e. The van der Waals surface area contributed by atoms with Gasteiger partial charge in [0, 0.05) is 43.7 Å². The fourth-order valence-corrected chi connectivity index (χ4v) is 12.3. The van der Waals surface area contributed by atoms with Crippen molar-refractivity contribution in [3.63, 3.8) is 0 Å². The van der Waals surface area contributed by atoms with Gasteiger partial charge >= 0.3 is 0 Å². The molecule has 13 aromatic carbocycles. The van der Waals surface area contributed by atoms with Gasteiger partial charge in [-0.1, -0.05) is 224 Å². The summed E-state index contributed by atoms with van der Waals surface area (Å²) in [4.78, 5) is 0. The van der Waals surface area contributed by atoms with Crippen LogP contribution in [0.4, 0.5) is 0 Å². The van der Waals surface area contributed by atoms with E-state index in [2.05, 4.69) is 276 Å². The van der Waals surface area contributed by atoms with Gasteiger partial charge in [-0.25, -0.2) is 0 Å². The molecule has 0 atom stereocenters. The molecule has 0 saturated heterocycles. The molecule has 2 nitrogen and oxygen atoms in total. The lowest BCUT2D eigenvalue weighted by molar-refractivity contribution is 1.19. The van der Waals surface area contributed by atoms with Gasteiger partial charge in [0.15, 0.2) is 0 Å². The Morgan fingerprint density at radius 1 is 0.194 bits per heavy atom. The molecule has 0 fully saturated rings. The number of para-hydroxylation sites is 4. The summed E-state index contributed by atoms with van der Waals surface area (Å²) in [6, 6.07) is 98.7. The van der Waals surface area contributed by atoms with Crippen LogP contribution in [0.3, 0.4) is 0 Å². The maximum atomic E-state index is 2.50. The second-order valence-corrected chi connectivity index (χ2v) is 19.1. The summed E-state index contributed by atoms with van der Waals surface area (Å²) < 4.78 is 4.91. The van der Waals surface area contributed by atoms with E-state index in [0.717, 1.165) is 11.4 Å². The molecule has 0 saturated carbocycles. The molecule has 72 heavy (non-hydrogen) atoms. The summed E-state index contributed by atoms with van der Waals surface area (Å²) in [5.74, 6) is 0. The van der Waals surface area contributed by atoms with Crippen LogP contribution in [0, 0.1) is 0 Å². The summed E-state index contributed by atoms with van der Waals surface area (Å²) in [6.45, 7) is 0. The van der Waals surface area contributed by atoms with Gasteiger partial charge in [-0.2, -0.15) is 0 Å². The molecule has 15 aromatic rings. The molecule has 2 heterocycles. The highest BCUT2D eigenvalue weighted by Gasteiger charge is 2.23. The molecular weight excluding hydrogens is 869 g/mol. The van der Waals surface area contributed by atoms with Gasteiger partial charge in [-0.15, -0.1) is 0 Å². The number of hydrogen-bond donors (Lipinski definition) is 0. The second kappa shape index (κ2) is 16.0. The van der Waals surface area contributed by atoms with Crippen LogP contribution in [0.2, 0.25) is 0 Å². The third-order valence-electron chi connectivity index (χ3n) is 15.3. The topological polar surface area (TPSA) is 9.86 Å². The van der Waals surface area contributed by atoms with Crippen molar-refractivity contribution in [2.75, 3.05) is 0 Å². The van der Waals surface area contributed by atoms with Gasteiger partial charge in [0.2, 0.25) is 0 Å². The summed E-state index contributed by atoms with van der Waals surface area (Å²) in [7, 11) is 0. The minimum absolute atomic E-state index is 1.16. The van der Waals surface area contributed by atoms with Crippen molar-refractivity contribution >= 4 is 86.7 Å². The minimum atomic E-state index is 1.16. The summed E-state index contributed by atoms with van der Waals surface area (Å²) in [5.41, 5.74) is 16.9. The Balaban J connectivity index is 1.05. The summed E-state index contributed by atoms with van der Waals surface area (Å²) in [6.07, 6.45) is 0. The summed E-state index contributed by atoms with van der Waals surface area (Å²) >= 11 is 0. The average Bonchev–Trinajstić information content (AvgIpc) is 3.98. The van der Waals surface area contributed by atoms with Crippen molar-refractivity contribution in [2.24, 2.45) is 0 Å². The third kappa shape index (κ3) is 5.96. The molecule has 0 bridgehead atoms. The number of aromatic nitrogens is 2. The molecule has 0 radical (unpaired) electrons. The van der Waals surface area contributed by atoms with Crippen molar-refractivity contribution in [1.82, 2.24) is 9.13 Å². The van der Waals surface area contributed by atoms with Gasteiger partial charge in [0.25, 0.3) is 0 Å². The zero-order chi connectivity index (χ0) is 47.3. The normalized spacial score (nSPS) is 11.9. The predicted molar refractivity (Wildman–Crippen MR) is 307 cm³/mol. The van der Waals surface area contributed by atoms with Crippen LogP contribution >= 0.6 is 0 Å². The number of benzene rings is 13. The molecule has 0 aliphatic carbocycles. The van der Waals surface area contributed by atoms with Crippen LogP contribution in [0.1, 0.15) is 0 Å². The Hall–Kier alpha value is -9.50. The molecule has 0 spiro atoms. The fourth-order valence-electron chi connectivity index (χ4n) is 12.3. The fraction of sp³-hybridized carbons (Fsp3) is 0. The molecule has 2 heteroatoms. The molecule has 2 aromatic heterocycles. The molecule has 0 N–H and O–H groups in total. The molecule has 0 aliphatic heterocycles. The monoisotopic (exact) mass is 912 g/mol. The SMILES string of the molecule is c1ccc(-c2ccccc2-c2c3cccc(-c4cccc5c4ccc4c6ccccc6n(-c6ccccc6)c54)c3cc3c(-c4cccc5c4ccc4c6ccccc6n(-c6ccccc6)c54)cccc23)cc1. The van der Waals surface area contributed by atoms with Crippen molar-refractivity contribution in [1.29, 1.82) is 0 Å². The highest BCUT2D eigenvalue weighted by Crippen LogP contribution is 2.49. The lowest BCUT2D eigenvalue weighted by Gasteiger charge is -2.20. The molecular formula is C70H44N2. The second-order valence-electron chi connectivity index (χ2n) is 19.1. The summed E-state index contributed by atoms with van der Waals surface area (Å²) in [5, 5.41) is 14.8. The van der Waals surface area contributed by atoms with E-state index in [0.29, 0.717) is 0 Å². The van der Waals surface area contributed by atoms with Crippen molar-refractivity contribution < 1.29 is 0 Å². The maximum Gasteiger partial charge on any atom is 0.0619 e. The maximum absolute atomic E-state index is 2.50. The van der Waals surface area contributed by atoms with Crippen molar-refractivity contribution in [3.8, 4) is 55.9 Å². The highest BCUT2D eigenvalue weighted by molar-refractivity contribution is 6.26. The lowest BCUT2D eigenvalue weighted by atomic mass is 9.83. The molecule has 334 valence electrons. The van der Waals surface area contributed by atoms with E-state index in [9.17, 15) is 0 Å². The Morgan fingerprint density at radius 3 is 1.01 bits per heavy atom. The van der Waals surface area contributed by atoms with Crippen LogP contribution in [0.15, 0.2) is 267 Å². The standard InChI is InChI=1S/C70H44N2/c1-4-20-45(21-5-1)48-26-10-11-29-57(48)68-58-34-16-32-51(49-30-18-36-60-53(49)40-42-62-55-27-12-14-38-66(55)71(69(60)62)46-22-6-2-7-23-46)64(58)44-65-52(33-17-35-59(65)68)50-31-19-37-61-54(50)41-43-63-56-28-13-15-39-67(56)72(70(61)63)47-24-8-3-9-25-47/h1-44H. The molecule has 15 rings (SSSR count). The largest absolute Gasteiger partial charge is 0.309 e. The first-order valence-electron chi connectivity index (χ1n) is 24.9. The van der Waals surface area contributed by atoms with Crippen molar-refractivity contribution in [3.05, 3.63) is 267 Å². The minimum Gasteiger partial charge on any atom is -0.309 e. The lowest BCUT2D eigenvalue weighted by Crippen LogP contribution is -1.95. The average molecular weight is 913 g/mol. The first-order chi connectivity index (χ1) is 35.8. The van der Waals surface area contributed by atoms with Gasteiger partial charge in [-0.05, 0) is 119 Å². The van der Waals surface area contributed by atoms with E-state index in [1.165, 1.54) is 131 Å². The first-order valence-corrected chi connectivity index (χ1v) is 24.9. The quantitative estimate of drug-likeness (QED) is 0.147. The zero-order valence-corrected chi connectivity index (χ0v) is 39.3. The van der Waals surface area contributed by atoms with Crippen LogP contribution in [-0.2, 0) is 0 Å². The third-order valence-corrected chi connectivity index (χ3v) is 15.3. The number of fused-ring (bicyclic) bond motifs is 12. The van der Waals surface area contributed by atoms with E-state index in [1.54, 1.807) is 0 Å². The molecule has 0 amide bonds. The van der Waals surface area contributed by atoms with E-state index < -0.39 is 0 Å². The molecule has 0 unspecified atom stereocenters. The Morgan fingerprint density at radius 2 is 0.528 bits per heavy atom. The Bertz CT molecular complexity index is 4400. The first kappa shape index (κ1) is 40.4. The van der Waals surface area contributed by atoms with E-state index in [-0.39, 0.29) is 0 Å². The predicted octanol–water partition coefficient (Wildman–Crippen LogP) is 19.2. The van der Waals surface area contributed by atoms with E-state index in [1.807, 2.05) is 0 Å². The van der Waals surface area contributed by atoms with Crippen LogP contribution in [0.25, 0.3) is 143 Å². The molecule has 0 aliphatic rings. The number of hydrogen-bond acceptors (Lipinski definition) is 0. The van der Waals surface area contributed by atoms with Gasteiger partial charge in [-0.3, -0.25) is 0 Å². The zero-order valence-electron chi connectivity index (χ0n) is 39.3. The van der Waals surface area contributed by atoms with Crippen molar-refractivity contribution in [2.45, 2.75) is 0 Å². The van der Waals surface area contributed by atoms with Crippen LogP contribution in [-0.4, -0.2) is 9.13 Å². The van der Waals surface area contributed by atoms with Gasteiger partial charge in [0.1, 0.15) is 0 Å². The van der Waals surface area contributed by atoms with E-state index >= 15 is 0 Å². The van der Waals surface area contributed by atoms with Gasteiger partial charge in [0.05, 0.1) is 22.1 Å². The van der Waals surface area contributed by atoms with Gasteiger partial charge < -0.3 is 9.13 Å². The Kier molecular flexibility index (Phi) is 8.99. The van der Waals surface area contributed by atoms with Crippen LogP contribution < -0.4 is 0 Å². The van der Waals surface area contributed by atoms with E-state index in [4.69, 9.17) is 0 Å². The number of rotatable bonds is 6. The van der Waals surface area contributed by atoms with Crippen LogP contribution in [0.5, 0.6) is 0 Å². The Labute approximate surface area is 416 Å². The highest BCUT2D eigenvalue weighted by atomic mass is 15.0.